The molecule has 31 heavy (non-hydrogen) atoms. The zero-order chi connectivity index (χ0) is 23.1. The number of fused-ring (bicyclic) bond motifs is 2. The van der Waals surface area contributed by atoms with Crippen LogP contribution >= 0.6 is 31.9 Å². The second-order valence-electron chi connectivity index (χ2n) is 7.88. The summed E-state index contributed by atoms with van der Waals surface area (Å²) in [4.78, 5) is 0. The van der Waals surface area contributed by atoms with Gasteiger partial charge in [-0.1, -0.05) is 74.2 Å². The number of hydrogen-bond acceptors (Lipinski definition) is 0. The molecule has 0 amide bonds. The molecule has 2 unspecified atom stereocenters. The molecule has 164 valence electrons. The van der Waals surface area contributed by atoms with Gasteiger partial charge in [0.15, 0.2) is 0 Å². The molecule has 1 aromatic heterocycles. The molecule has 0 bridgehead atoms. The normalized spacial score (nSPS) is 21.4. The molecular weight excluding hydrogens is 537 g/mol. The van der Waals surface area contributed by atoms with E-state index in [0.717, 1.165) is 4.47 Å². The van der Waals surface area contributed by atoms with Crippen LogP contribution in [-0.4, -0.2) is 7.25 Å². The van der Waals surface area contributed by atoms with Crippen molar-refractivity contribution in [3.63, 3.8) is 0 Å². The molecule has 0 fully saturated rings. The van der Waals surface area contributed by atoms with E-state index in [1.54, 1.807) is 0 Å². The lowest BCUT2D eigenvalue weighted by atomic mass is 9.76. The van der Waals surface area contributed by atoms with Gasteiger partial charge in [-0.2, -0.15) is 4.57 Å². The topological polar surface area (TPSA) is 3.88 Å². The van der Waals surface area contributed by atoms with Crippen LogP contribution in [0.3, 0.4) is 0 Å². The maximum Gasteiger partial charge on any atom is 0.673 e. The molecule has 1 heterocycles. The van der Waals surface area contributed by atoms with Crippen LogP contribution in [0.2, 0.25) is 0 Å². The molecule has 1 aliphatic carbocycles. The van der Waals surface area contributed by atoms with Gasteiger partial charge < -0.3 is 17.3 Å². The Kier molecular flexibility index (Phi) is 6.73. The highest BCUT2D eigenvalue weighted by molar-refractivity contribution is 9.10. The van der Waals surface area contributed by atoms with Crippen LogP contribution in [0.5, 0.6) is 0 Å². The molecule has 3 aromatic rings. The first-order valence-corrected chi connectivity index (χ1v) is 11.4. The molecule has 1 aliphatic rings. The summed E-state index contributed by atoms with van der Waals surface area (Å²) in [6, 6.07) is 15.5. The number of halogens is 6. The number of benzene rings is 2. The van der Waals surface area contributed by atoms with E-state index in [1.165, 1.54) is 38.5 Å². The average molecular weight is 559 g/mol. The SMILES string of the molecule is CC1=CC(C)C(Br)(c2cccc3c2cc2cc(Br)ccc2[n+]3C)C(C)=C1.F[B-](F)(F)F. The molecule has 2 aromatic carbocycles. The Morgan fingerprint density at radius 3 is 2.26 bits per heavy atom. The van der Waals surface area contributed by atoms with Gasteiger partial charge in [0.1, 0.15) is 7.05 Å². The summed E-state index contributed by atoms with van der Waals surface area (Å²) in [6.45, 7) is 6.71. The number of hydrogen-bond donors (Lipinski definition) is 0. The number of nitrogens with zero attached hydrogens (tertiary/aromatic N) is 1. The third-order valence-electron chi connectivity index (χ3n) is 5.65. The fraction of sp³-hybridized carbons (Fsp3) is 0.261. The summed E-state index contributed by atoms with van der Waals surface area (Å²) in [5.41, 5.74) is 6.51. The third kappa shape index (κ3) is 4.90. The van der Waals surface area contributed by atoms with Crippen molar-refractivity contribution in [2.75, 3.05) is 0 Å². The van der Waals surface area contributed by atoms with Crippen molar-refractivity contribution in [2.45, 2.75) is 25.1 Å². The van der Waals surface area contributed by atoms with Gasteiger partial charge in [-0.05, 0) is 43.5 Å². The predicted molar refractivity (Wildman–Crippen MR) is 128 cm³/mol. The van der Waals surface area contributed by atoms with Crippen molar-refractivity contribution in [1.29, 1.82) is 0 Å². The van der Waals surface area contributed by atoms with Crippen LogP contribution < -0.4 is 4.57 Å². The summed E-state index contributed by atoms with van der Waals surface area (Å²) in [5, 5.41) is 2.54. The van der Waals surface area contributed by atoms with Gasteiger partial charge in [0.25, 0.3) is 0 Å². The molecule has 0 aliphatic heterocycles. The molecule has 0 N–H and O–H groups in total. The minimum Gasteiger partial charge on any atom is -0.418 e. The molecule has 0 radical (unpaired) electrons. The molecule has 8 heteroatoms. The van der Waals surface area contributed by atoms with Crippen LogP contribution in [0.15, 0.2) is 70.2 Å². The Bertz CT molecular complexity index is 1210. The Morgan fingerprint density at radius 2 is 1.65 bits per heavy atom. The van der Waals surface area contributed by atoms with E-state index in [2.05, 4.69) is 119 Å². The molecule has 4 rings (SSSR count). The summed E-state index contributed by atoms with van der Waals surface area (Å²) >= 11 is 7.77. The van der Waals surface area contributed by atoms with Gasteiger partial charge in [-0.3, -0.25) is 0 Å². The van der Waals surface area contributed by atoms with Crippen molar-refractivity contribution in [2.24, 2.45) is 13.0 Å². The summed E-state index contributed by atoms with van der Waals surface area (Å²) in [6.07, 6.45) is 4.66. The Hall–Kier alpha value is -1.67. The van der Waals surface area contributed by atoms with Gasteiger partial charge in [0.05, 0.1) is 9.71 Å². The van der Waals surface area contributed by atoms with Crippen LogP contribution in [0.1, 0.15) is 26.3 Å². The zero-order valence-electron chi connectivity index (χ0n) is 17.6. The van der Waals surface area contributed by atoms with Crippen molar-refractivity contribution in [1.82, 2.24) is 0 Å². The second-order valence-corrected chi connectivity index (χ2v) is 10.0. The lowest BCUT2D eigenvalue weighted by molar-refractivity contribution is -0.617. The van der Waals surface area contributed by atoms with E-state index in [-0.39, 0.29) is 4.32 Å². The smallest absolute Gasteiger partial charge is 0.418 e. The maximum atomic E-state index is 9.75. The molecule has 0 spiro atoms. The first-order valence-electron chi connectivity index (χ1n) is 9.77. The van der Waals surface area contributed by atoms with Crippen molar-refractivity contribution >= 4 is 60.9 Å². The maximum absolute atomic E-state index is 9.75. The first-order chi connectivity index (χ1) is 14.3. The molecule has 0 saturated heterocycles. The minimum absolute atomic E-state index is 0.182. The highest BCUT2D eigenvalue weighted by Gasteiger charge is 2.39. The van der Waals surface area contributed by atoms with Crippen LogP contribution in [-0.2, 0) is 11.4 Å². The Labute approximate surface area is 196 Å². The summed E-state index contributed by atoms with van der Waals surface area (Å²) in [7, 11) is -3.85. The first kappa shape index (κ1) is 24.0. The van der Waals surface area contributed by atoms with Gasteiger partial charge in [-0.15, -0.1) is 0 Å². The predicted octanol–water partition coefficient (Wildman–Crippen LogP) is 8.01. The minimum atomic E-state index is -6.00. The Morgan fingerprint density at radius 1 is 1.00 bits per heavy atom. The quantitative estimate of drug-likeness (QED) is 0.0936. The lowest BCUT2D eigenvalue weighted by Gasteiger charge is -2.37. The highest BCUT2D eigenvalue weighted by atomic mass is 79.9. The summed E-state index contributed by atoms with van der Waals surface area (Å²) in [5.74, 6) is 0.376. The van der Waals surface area contributed by atoms with Gasteiger partial charge in [-0.25, -0.2) is 0 Å². The number of allylic oxidation sites excluding steroid dienone is 4. The molecule has 1 nitrogen and oxygen atoms in total. The van der Waals surface area contributed by atoms with Crippen molar-refractivity contribution < 1.29 is 21.8 Å². The van der Waals surface area contributed by atoms with Gasteiger partial charge >= 0.3 is 7.25 Å². The second kappa shape index (κ2) is 8.70. The molecule has 2 atom stereocenters. The third-order valence-corrected chi connectivity index (χ3v) is 7.91. The van der Waals surface area contributed by atoms with Crippen LogP contribution in [0.4, 0.5) is 17.3 Å². The van der Waals surface area contributed by atoms with Crippen molar-refractivity contribution in [3.8, 4) is 0 Å². The molecular formula is C23H22BBr2F4N. The fourth-order valence-electron chi connectivity index (χ4n) is 4.37. The number of aryl methyl sites for hydroxylation is 1. The highest BCUT2D eigenvalue weighted by Crippen LogP contribution is 2.50. The van der Waals surface area contributed by atoms with E-state index in [0.29, 0.717) is 5.92 Å². The van der Waals surface area contributed by atoms with E-state index < -0.39 is 7.25 Å². The number of aromatic nitrogens is 1. The Balaban J connectivity index is 0.000000491. The van der Waals surface area contributed by atoms with Crippen molar-refractivity contribution in [3.05, 3.63) is 75.8 Å². The van der Waals surface area contributed by atoms with E-state index in [9.17, 15) is 17.3 Å². The number of alkyl halides is 1. The molecule has 0 saturated carbocycles. The average Bonchev–Trinajstić information content (AvgIpc) is 2.64. The van der Waals surface area contributed by atoms with Crippen LogP contribution in [0.25, 0.3) is 21.8 Å². The van der Waals surface area contributed by atoms with E-state index in [4.69, 9.17) is 0 Å². The fourth-order valence-corrected chi connectivity index (χ4v) is 5.34. The van der Waals surface area contributed by atoms with Crippen LogP contribution in [0, 0.1) is 5.92 Å². The number of pyridine rings is 1. The number of rotatable bonds is 1. The largest absolute Gasteiger partial charge is 0.673 e. The van der Waals surface area contributed by atoms with E-state index >= 15 is 0 Å². The van der Waals surface area contributed by atoms with E-state index in [1.807, 2.05) is 0 Å². The zero-order valence-corrected chi connectivity index (χ0v) is 20.7. The van der Waals surface area contributed by atoms with Gasteiger partial charge in [0.2, 0.25) is 11.0 Å². The summed E-state index contributed by atoms with van der Waals surface area (Å²) < 4.78 is 42.2. The lowest BCUT2D eigenvalue weighted by Crippen LogP contribution is -2.33. The monoisotopic (exact) mass is 557 g/mol. The standard InChI is InChI=1S/C23H22Br2N.BF4/c1-14-10-15(2)23(25,16(3)11-14)20-6-5-7-22-19(20)13-17-12-18(24)8-9-21(17)26(22)4;2-1(3,4)5/h5-13,15H,1-4H3;/q+1;-1. The van der Waals surface area contributed by atoms with Gasteiger partial charge in [0, 0.05) is 22.0 Å².